The highest BCUT2D eigenvalue weighted by atomic mass is 32.1. The van der Waals surface area contributed by atoms with Gasteiger partial charge in [0.1, 0.15) is 0 Å². The van der Waals surface area contributed by atoms with E-state index < -0.39 is 0 Å². The Morgan fingerprint density at radius 3 is 2.49 bits per heavy atom. The monoisotopic (exact) mass is 491 g/mol. The number of rotatable bonds is 8. The maximum absolute atomic E-state index is 13.4. The largest absolute Gasteiger partial charge is 0.337 e. The van der Waals surface area contributed by atoms with Gasteiger partial charge in [-0.3, -0.25) is 14.5 Å². The zero-order valence-electron chi connectivity index (χ0n) is 21.0. The number of carbonyl (C=O) groups excluding carboxylic acids is 2. The quantitative estimate of drug-likeness (QED) is 0.508. The Bertz CT molecular complexity index is 1050. The fourth-order valence-electron chi connectivity index (χ4n) is 6.04. The molecule has 2 heterocycles. The van der Waals surface area contributed by atoms with Crippen molar-refractivity contribution in [3.63, 3.8) is 0 Å². The number of hydrogen-bond donors (Lipinski definition) is 0. The fourth-order valence-corrected chi connectivity index (χ4v) is 6.73. The average Bonchev–Trinajstić information content (AvgIpc) is 3.42. The minimum absolute atomic E-state index is 0.143. The van der Waals surface area contributed by atoms with Crippen LogP contribution in [-0.2, 0) is 11.2 Å². The smallest absolute Gasteiger partial charge is 0.264 e. The summed E-state index contributed by atoms with van der Waals surface area (Å²) in [5, 5.41) is 1.96. The van der Waals surface area contributed by atoms with E-state index >= 15 is 0 Å². The third-order valence-electron chi connectivity index (χ3n) is 8.58. The van der Waals surface area contributed by atoms with Crippen molar-refractivity contribution in [2.24, 2.45) is 17.3 Å². The molecule has 1 aliphatic heterocycles. The molecule has 0 radical (unpaired) electrons. The molecule has 4 aliphatic rings. The number of allylic oxidation sites excluding steroid dienone is 1. The van der Waals surface area contributed by atoms with Gasteiger partial charge in [-0.05, 0) is 47.1 Å². The highest BCUT2D eigenvalue weighted by Crippen LogP contribution is 2.59. The van der Waals surface area contributed by atoms with Crippen LogP contribution >= 0.6 is 11.3 Å². The number of piperazine rings is 1. The van der Waals surface area contributed by atoms with Gasteiger partial charge in [0.2, 0.25) is 5.91 Å². The van der Waals surface area contributed by atoms with Crippen LogP contribution in [0.5, 0.6) is 0 Å². The molecule has 1 aromatic carbocycles. The first kappa shape index (κ1) is 24.3. The summed E-state index contributed by atoms with van der Waals surface area (Å²) in [7, 11) is 0. The number of thiophene rings is 1. The standard InChI is InChI=1S/C29H37N3O2S/c1-29(2)24-11-10-23(25(29)20-24)21-32(27(33)19-22-7-4-3-5-8-22)17-14-30-12-15-31(16-13-30)28(34)26-9-6-18-35-26/h3-10,18,24-25H,11-17,19-21H2,1-2H3. The Morgan fingerprint density at radius 2 is 1.83 bits per heavy atom. The maximum Gasteiger partial charge on any atom is 0.264 e. The SMILES string of the molecule is CC1(C)C2CC=C(CN(CCN3CCN(C(=O)c4cccs4)CC3)C(=O)Cc3ccccc3)C1C2. The summed E-state index contributed by atoms with van der Waals surface area (Å²) in [6, 6.07) is 13.9. The van der Waals surface area contributed by atoms with Crippen LogP contribution in [0.15, 0.2) is 59.5 Å². The predicted molar refractivity (Wildman–Crippen MR) is 141 cm³/mol. The van der Waals surface area contributed by atoms with E-state index in [9.17, 15) is 9.59 Å². The summed E-state index contributed by atoms with van der Waals surface area (Å²) in [5.41, 5.74) is 2.90. The molecular formula is C29H37N3O2S. The first-order valence-corrected chi connectivity index (χ1v) is 13.9. The third-order valence-corrected chi connectivity index (χ3v) is 9.44. The van der Waals surface area contributed by atoms with Gasteiger partial charge in [0.15, 0.2) is 0 Å². The fraction of sp³-hybridized carbons (Fsp3) is 0.517. The van der Waals surface area contributed by atoms with Crippen LogP contribution in [0.1, 0.15) is 41.9 Å². The van der Waals surface area contributed by atoms with E-state index in [-0.39, 0.29) is 11.8 Å². The number of hydrogen-bond acceptors (Lipinski definition) is 4. The van der Waals surface area contributed by atoms with Gasteiger partial charge in [0.25, 0.3) is 5.91 Å². The van der Waals surface area contributed by atoms with E-state index in [1.165, 1.54) is 23.3 Å². The molecule has 35 heavy (non-hydrogen) atoms. The van der Waals surface area contributed by atoms with Gasteiger partial charge >= 0.3 is 0 Å². The molecule has 1 saturated carbocycles. The topological polar surface area (TPSA) is 43.9 Å². The summed E-state index contributed by atoms with van der Waals surface area (Å²) < 4.78 is 0. The van der Waals surface area contributed by atoms with Crippen LogP contribution in [-0.4, -0.2) is 72.3 Å². The highest BCUT2D eigenvalue weighted by molar-refractivity contribution is 7.12. The molecule has 2 bridgehead atoms. The Balaban J connectivity index is 1.19. The van der Waals surface area contributed by atoms with E-state index in [4.69, 9.17) is 0 Å². The molecule has 6 rings (SSSR count). The van der Waals surface area contributed by atoms with Gasteiger partial charge in [0, 0.05) is 45.8 Å². The Morgan fingerprint density at radius 1 is 1.06 bits per heavy atom. The van der Waals surface area contributed by atoms with E-state index in [2.05, 4.69) is 29.7 Å². The molecule has 1 saturated heterocycles. The lowest BCUT2D eigenvalue weighted by atomic mass is 9.49. The molecule has 6 heteroatoms. The van der Waals surface area contributed by atoms with Crippen LogP contribution in [0.25, 0.3) is 0 Å². The number of benzene rings is 1. The number of fused-ring (bicyclic) bond motifs is 1. The zero-order chi connectivity index (χ0) is 24.4. The second kappa shape index (κ2) is 10.3. The van der Waals surface area contributed by atoms with E-state index in [1.807, 2.05) is 52.7 Å². The van der Waals surface area contributed by atoms with Crippen LogP contribution in [0.2, 0.25) is 0 Å². The maximum atomic E-state index is 13.4. The molecule has 2 atom stereocenters. The van der Waals surface area contributed by atoms with Gasteiger partial charge in [-0.1, -0.05) is 61.9 Å². The average molecular weight is 492 g/mol. The third kappa shape index (κ3) is 5.24. The van der Waals surface area contributed by atoms with Crippen molar-refractivity contribution in [1.29, 1.82) is 0 Å². The van der Waals surface area contributed by atoms with Crippen molar-refractivity contribution in [1.82, 2.24) is 14.7 Å². The second-order valence-corrected chi connectivity index (χ2v) is 11.9. The lowest BCUT2D eigenvalue weighted by Gasteiger charge is -2.57. The normalized spacial score (nSPS) is 23.4. The van der Waals surface area contributed by atoms with Crippen LogP contribution < -0.4 is 0 Å². The van der Waals surface area contributed by atoms with Crippen molar-refractivity contribution in [2.75, 3.05) is 45.8 Å². The Hall–Kier alpha value is -2.44. The van der Waals surface area contributed by atoms with Crippen molar-refractivity contribution in [3.05, 3.63) is 69.9 Å². The van der Waals surface area contributed by atoms with Gasteiger partial charge in [-0.25, -0.2) is 0 Å². The molecule has 3 aliphatic carbocycles. The summed E-state index contributed by atoms with van der Waals surface area (Å²) in [5.74, 6) is 1.77. The predicted octanol–water partition coefficient (Wildman–Crippen LogP) is 4.57. The van der Waals surface area contributed by atoms with Gasteiger partial charge in [0.05, 0.1) is 11.3 Å². The number of carbonyl (C=O) groups is 2. The molecule has 2 aromatic rings. The Kier molecular flexibility index (Phi) is 7.12. The molecule has 5 nitrogen and oxygen atoms in total. The Labute approximate surface area is 213 Å². The summed E-state index contributed by atoms with van der Waals surface area (Å²) in [6.45, 7) is 10.3. The summed E-state index contributed by atoms with van der Waals surface area (Å²) in [6.07, 6.45) is 5.30. The van der Waals surface area contributed by atoms with Crippen LogP contribution in [0.4, 0.5) is 0 Å². The van der Waals surface area contributed by atoms with Crippen LogP contribution in [0, 0.1) is 17.3 Å². The summed E-state index contributed by atoms with van der Waals surface area (Å²) in [4.78, 5) is 33.4. The van der Waals surface area contributed by atoms with E-state index in [1.54, 1.807) is 0 Å². The van der Waals surface area contributed by atoms with Crippen LogP contribution in [0.3, 0.4) is 0 Å². The molecule has 0 N–H and O–H groups in total. The highest BCUT2D eigenvalue weighted by Gasteiger charge is 2.51. The zero-order valence-corrected chi connectivity index (χ0v) is 21.8. The molecule has 2 amide bonds. The minimum atomic E-state index is 0.143. The van der Waals surface area contributed by atoms with Crippen molar-refractivity contribution in [3.8, 4) is 0 Å². The lowest BCUT2D eigenvalue weighted by molar-refractivity contribution is -0.130. The number of amides is 2. The molecule has 186 valence electrons. The first-order chi connectivity index (χ1) is 16.9. The van der Waals surface area contributed by atoms with E-state index in [0.29, 0.717) is 17.8 Å². The van der Waals surface area contributed by atoms with E-state index in [0.717, 1.165) is 68.6 Å². The van der Waals surface area contributed by atoms with Crippen molar-refractivity contribution in [2.45, 2.75) is 33.1 Å². The van der Waals surface area contributed by atoms with Gasteiger partial charge < -0.3 is 9.80 Å². The molecular weight excluding hydrogens is 454 g/mol. The van der Waals surface area contributed by atoms with Crippen molar-refractivity contribution >= 4 is 23.2 Å². The van der Waals surface area contributed by atoms with Gasteiger partial charge in [-0.15, -0.1) is 11.3 Å². The molecule has 0 spiro atoms. The minimum Gasteiger partial charge on any atom is -0.337 e. The van der Waals surface area contributed by atoms with Gasteiger partial charge in [-0.2, -0.15) is 0 Å². The first-order valence-electron chi connectivity index (χ1n) is 13.0. The molecule has 2 fully saturated rings. The number of nitrogens with zero attached hydrogens (tertiary/aromatic N) is 3. The summed E-state index contributed by atoms with van der Waals surface area (Å²) >= 11 is 1.51. The molecule has 2 unspecified atom stereocenters. The van der Waals surface area contributed by atoms with Crippen molar-refractivity contribution < 1.29 is 9.59 Å². The lowest BCUT2D eigenvalue weighted by Crippen LogP contribution is -2.52. The second-order valence-electron chi connectivity index (χ2n) is 10.9. The molecule has 1 aromatic heterocycles.